The molecule has 27 heavy (non-hydrogen) atoms. The molecule has 6 nitrogen and oxygen atoms in total. The van der Waals surface area contributed by atoms with E-state index in [4.69, 9.17) is 5.73 Å². The zero-order valence-electron chi connectivity index (χ0n) is 15.6. The van der Waals surface area contributed by atoms with Crippen LogP contribution in [0.4, 0.5) is 0 Å². The van der Waals surface area contributed by atoms with E-state index in [0.29, 0.717) is 30.3 Å². The molecule has 1 aromatic carbocycles. The Balaban J connectivity index is 1.31. The summed E-state index contributed by atoms with van der Waals surface area (Å²) >= 11 is 0. The maximum absolute atomic E-state index is 13.2. The average molecular weight is 365 g/mol. The Bertz CT molecular complexity index is 818. The molecule has 0 radical (unpaired) electrons. The van der Waals surface area contributed by atoms with Crippen LogP contribution >= 0.6 is 0 Å². The minimum atomic E-state index is 0.142. The topological polar surface area (TPSA) is 77.0 Å². The number of hydrogen-bond donors (Lipinski definition) is 1. The quantitative estimate of drug-likeness (QED) is 0.887. The van der Waals surface area contributed by atoms with Crippen LogP contribution in [0.1, 0.15) is 37.9 Å². The van der Waals surface area contributed by atoms with Gasteiger partial charge in [-0.1, -0.05) is 36.8 Å². The molecule has 2 aromatic rings. The second-order valence-electron chi connectivity index (χ2n) is 8.41. The van der Waals surface area contributed by atoms with Crippen LogP contribution in [0.5, 0.6) is 0 Å². The highest BCUT2D eigenvalue weighted by molar-refractivity contribution is 5.79. The van der Waals surface area contributed by atoms with Crippen LogP contribution in [0, 0.1) is 17.8 Å². The Morgan fingerprint density at radius 2 is 1.78 bits per heavy atom. The molecule has 3 aliphatic rings. The third-order valence-electron chi connectivity index (χ3n) is 6.86. The van der Waals surface area contributed by atoms with Crippen molar-refractivity contribution < 1.29 is 4.79 Å². The lowest BCUT2D eigenvalue weighted by Gasteiger charge is -2.44. The molecule has 0 spiro atoms. The molecule has 2 fully saturated rings. The molecule has 5 rings (SSSR count). The van der Waals surface area contributed by atoms with E-state index in [1.54, 1.807) is 0 Å². The van der Waals surface area contributed by atoms with Crippen LogP contribution in [0.3, 0.4) is 0 Å². The summed E-state index contributed by atoms with van der Waals surface area (Å²) in [5.74, 6) is 3.30. The molecule has 0 saturated heterocycles. The number of benzene rings is 1. The largest absolute Gasteiger partial charge is 0.333 e. The van der Waals surface area contributed by atoms with Gasteiger partial charge in [0.25, 0.3) is 0 Å². The fraction of sp³-hybridized carbons (Fsp3) is 0.571. The molecular weight excluding hydrogens is 338 g/mol. The van der Waals surface area contributed by atoms with Crippen LogP contribution in [-0.4, -0.2) is 38.2 Å². The van der Waals surface area contributed by atoms with E-state index in [1.165, 1.54) is 19.3 Å². The normalized spacial score (nSPS) is 30.0. The summed E-state index contributed by atoms with van der Waals surface area (Å²) in [6.07, 6.45) is 5.59. The van der Waals surface area contributed by atoms with Crippen molar-refractivity contribution in [2.75, 3.05) is 6.54 Å². The van der Waals surface area contributed by atoms with Gasteiger partial charge in [-0.2, -0.15) is 0 Å². The predicted molar refractivity (Wildman–Crippen MR) is 102 cm³/mol. The van der Waals surface area contributed by atoms with Gasteiger partial charge in [-0.15, -0.1) is 10.2 Å². The van der Waals surface area contributed by atoms with E-state index in [9.17, 15) is 4.79 Å². The van der Waals surface area contributed by atoms with Crippen LogP contribution < -0.4 is 5.73 Å². The summed E-state index contributed by atoms with van der Waals surface area (Å²) < 4.78 is 2.16. The van der Waals surface area contributed by atoms with E-state index in [1.807, 2.05) is 23.1 Å². The number of amides is 1. The van der Waals surface area contributed by atoms with Gasteiger partial charge in [0.15, 0.2) is 11.6 Å². The number of hydrogen-bond acceptors (Lipinski definition) is 4. The number of carbonyl (C=O) groups is 1. The second-order valence-corrected chi connectivity index (χ2v) is 8.41. The summed E-state index contributed by atoms with van der Waals surface area (Å²) in [4.78, 5) is 15.2. The van der Waals surface area contributed by atoms with Crippen LogP contribution in [-0.2, 0) is 17.9 Å². The molecule has 2 unspecified atom stereocenters. The minimum absolute atomic E-state index is 0.142. The maximum atomic E-state index is 13.2. The number of aromatic nitrogens is 3. The Morgan fingerprint density at radius 1 is 1.04 bits per heavy atom. The number of carbonyl (C=O) groups excluding carboxylic acids is 1. The summed E-state index contributed by atoms with van der Waals surface area (Å²) in [6.45, 7) is 2.07. The SMILES string of the molecule is NC1C2CCCC1CC(C(=O)N1CCn3c(nnc3-c3ccccc3)C1)C2. The Kier molecular flexibility index (Phi) is 4.23. The van der Waals surface area contributed by atoms with Crippen molar-refractivity contribution in [3.63, 3.8) is 0 Å². The van der Waals surface area contributed by atoms with E-state index in [-0.39, 0.29) is 5.92 Å². The smallest absolute Gasteiger partial charge is 0.226 e. The summed E-state index contributed by atoms with van der Waals surface area (Å²) in [6, 6.07) is 10.4. The Morgan fingerprint density at radius 3 is 2.52 bits per heavy atom. The van der Waals surface area contributed by atoms with Crippen molar-refractivity contribution >= 4 is 5.91 Å². The molecule has 2 heterocycles. The van der Waals surface area contributed by atoms with Crippen LogP contribution in [0.2, 0.25) is 0 Å². The lowest BCUT2D eigenvalue weighted by Crippen LogP contribution is -2.50. The zero-order chi connectivity index (χ0) is 18.4. The molecule has 1 amide bonds. The van der Waals surface area contributed by atoms with Gasteiger partial charge in [-0.05, 0) is 37.5 Å². The van der Waals surface area contributed by atoms with Crippen LogP contribution in [0.25, 0.3) is 11.4 Å². The zero-order valence-corrected chi connectivity index (χ0v) is 15.6. The standard InChI is InChI=1S/C21H27N5O/c22-19-15-7-4-8-16(19)12-17(11-15)21(27)25-9-10-26-18(13-25)23-24-20(26)14-5-2-1-3-6-14/h1-3,5-6,15-17,19H,4,7-13,22H2. The molecule has 2 bridgehead atoms. The summed E-state index contributed by atoms with van der Waals surface area (Å²) in [7, 11) is 0. The lowest BCUT2D eigenvalue weighted by atomic mass is 9.65. The highest BCUT2D eigenvalue weighted by Gasteiger charge is 2.42. The molecule has 2 aliphatic carbocycles. The Hall–Kier alpha value is -2.21. The molecule has 1 aliphatic heterocycles. The van der Waals surface area contributed by atoms with Gasteiger partial charge in [0, 0.05) is 30.6 Å². The van der Waals surface area contributed by atoms with E-state index in [0.717, 1.165) is 43.1 Å². The molecule has 1 aromatic heterocycles. The van der Waals surface area contributed by atoms with Crippen molar-refractivity contribution in [1.29, 1.82) is 0 Å². The maximum Gasteiger partial charge on any atom is 0.226 e. The number of fused-ring (bicyclic) bond motifs is 3. The third kappa shape index (κ3) is 2.96. The molecule has 2 N–H and O–H groups in total. The first-order chi connectivity index (χ1) is 13.2. The molecule has 2 saturated carbocycles. The van der Waals surface area contributed by atoms with E-state index in [2.05, 4.69) is 26.9 Å². The van der Waals surface area contributed by atoms with Gasteiger partial charge in [0.2, 0.25) is 5.91 Å². The van der Waals surface area contributed by atoms with Crippen molar-refractivity contribution in [1.82, 2.24) is 19.7 Å². The monoisotopic (exact) mass is 365 g/mol. The van der Waals surface area contributed by atoms with Crippen LogP contribution in [0.15, 0.2) is 30.3 Å². The molecule has 142 valence electrons. The third-order valence-corrected chi connectivity index (χ3v) is 6.86. The molecule has 2 atom stereocenters. The van der Waals surface area contributed by atoms with E-state index >= 15 is 0 Å². The van der Waals surface area contributed by atoms with Crippen molar-refractivity contribution in [2.24, 2.45) is 23.5 Å². The number of nitrogens with two attached hydrogens (primary N) is 1. The summed E-state index contributed by atoms with van der Waals surface area (Å²) in [5, 5.41) is 8.77. The van der Waals surface area contributed by atoms with E-state index < -0.39 is 0 Å². The van der Waals surface area contributed by atoms with Gasteiger partial charge in [0.05, 0.1) is 6.54 Å². The highest BCUT2D eigenvalue weighted by Crippen LogP contribution is 2.42. The Labute approximate surface area is 159 Å². The van der Waals surface area contributed by atoms with Crippen molar-refractivity contribution in [3.05, 3.63) is 36.2 Å². The lowest BCUT2D eigenvalue weighted by molar-refractivity contribution is -0.140. The van der Waals surface area contributed by atoms with Gasteiger partial charge in [-0.25, -0.2) is 0 Å². The predicted octanol–water partition coefficient (Wildman–Crippen LogP) is 2.44. The molecule has 6 heteroatoms. The summed E-state index contributed by atoms with van der Waals surface area (Å²) in [5.41, 5.74) is 7.47. The number of rotatable bonds is 2. The van der Waals surface area contributed by atoms with Crippen molar-refractivity contribution in [2.45, 2.75) is 51.2 Å². The second kappa shape index (κ2) is 6.75. The van der Waals surface area contributed by atoms with Gasteiger partial charge in [-0.3, -0.25) is 4.79 Å². The fourth-order valence-electron chi connectivity index (χ4n) is 5.40. The highest BCUT2D eigenvalue weighted by atomic mass is 16.2. The first-order valence-electron chi connectivity index (χ1n) is 10.2. The molecular formula is C21H27N5O. The number of nitrogens with zero attached hydrogens (tertiary/aromatic N) is 4. The van der Waals surface area contributed by atoms with Gasteiger partial charge >= 0.3 is 0 Å². The fourth-order valence-corrected chi connectivity index (χ4v) is 5.40. The average Bonchev–Trinajstić information content (AvgIpc) is 3.11. The van der Waals surface area contributed by atoms with Gasteiger partial charge < -0.3 is 15.2 Å². The minimum Gasteiger partial charge on any atom is -0.333 e. The first-order valence-corrected chi connectivity index (χ1v) is 10.2. The van der Waals surface area contributed by atoms with Gasteiger partial charge in [0.1, 0.15) is 0 Å². The first kappa shape index (κ1) is 16.9. The van der Waals surface area contributed by atoms with Crippen molar-refractivity contribution in [3.8, 4) is 11.4 Å².